The molecule has 0 aliphatic heterocycles. The highest BCUT2D eigenvalue weighted by molar-refractivity contribution is 5.79. The van der Waals surface area contributed by atoms with Gasteiger partial charge >= 0.3 is 0 Å². The first-order valence-corrected chi connectivity index (χ1v) is 6.30. The van der Waals surface area contributed by atoms with E-state index in [0.29, 0.717) is 11.8 Å². The maximum Gasteiger partial charge on any atom is 0.227 e. The summed E-state index contributed by atoms with van der Waals surface area (Å²) in [5.74, 6) is 1.17. The molecule has 4 heteroatoms. The van der Waals surface area contributed by atoms with E-state index < -0.39 is 0 Å². The van der Waals surface area contributed by atoms with Crippen molar-refractivity contribution in [3.8, 4) is 11.1 Å². The van der Waals surface area contributed by atoms with Gasteiger partial charge in [0.25, 0.3) is 0 Å². The van der Waals surface area contributed by atoms with Crippen molar-refractivity contribution in [2.45, 2.75) is 20.8 Å². The molecule has 0 aliphatic rings. The zero-order valence-corrected chi connectivity index (χ0v) is 12.2. The number of nitrogens with zero attached hydrogens (tertiary/aromatic N) is 3. The van der Waals surface area contributed by atoms with Crippen LogP contribution in [0.3, 0.4) is 0 Å². The third-order valence-corrected chi connectivity index (χ3v) is 3.38. The van der Waals surface area contributed by atoms with Crippen LogP contribution >= 0.6 is 0 Å². The highest BCUT2D eigenvalue weighted by atomic mass is 15.2. The monoisotopic (exact) mass is 256 g/mol. The Balaban J connectivity index is 2.66. The van der Waals surface area contributed by atoms with Crippen molar-refractivity contribution in [1.29, 1.82) is 0 Å². The van der Waals surface area contributed by atoms with Crippen molar-refractivity contribution in [1.82, 2.24) is 9.97 Å². The summed E-state index contributed by atoms with van der Waals surface area (Å²) in [4.78, 5) is 10.7. The van der Waals surface area contributed by atoms with Gasteiger partial charge in [-0.05, 0) is 37.5 Å². The highest BCUT2D eigenvalue weighted by Crippen LogP contribution is 2.32. The molecule has 19 heavy (non-hydrogen) atoms. The van der Waals surface area contributed by atoms with Gasteiger partial charge in [-0.1, -0.05) is 18.2 Å². The second-order valence-corrected chi connectivity index (χ2v) is 5.01. The van der Waals surface area contributed by atoms with Crippen LogP contribution in [0.2, 0.25) is 0 Å². The molecule has 2 rings (SSSR count). The molecule has 0 bridgehead atoms. The van der Waals surface area contributed by atoms with E-state index in [2.05, 4.69) is 35.9 Å². The van der Waals surface area contributed by atoms with Gasteiger partial charge in [-0.15, -0.1) is 0 Å². The number of nitrogen functional groups attached to an aromatic ring is 1. The minimum atomic E-state index is 0.532. The Labute approximate surface area is 114 Å². The van der Waals surface area contributed by atoms with E-state index in [1.807, 2.05) is 32.0 Å². The molecule has 1 aromatic heterocycles. The van der Waals surface area contributed by atoms with Gasteiger partial charge < -0.3 is 10.6 Å². The SMILES string of the molecule is Cc1cccc(-c2c(C)nc(N(C)C)nc2N)c1C. The summed E-state index contributed by atoms with van der Waals surface area (Å²) in [6, 6.07) is 6.20. The standard InChI is InChI=1S/C15H20N4/c1-9-7-6-8-12(10(9)2)13-11(3)17-15(19(4)5)18-14(13)16/h6-8H,1-5H3,(H2,16,17,18). The Morgan fingerprint density at radius 1 is 1.05 bits per heavy atom. The maximum atomic E-state index is 6.13. The van der Waals surface area contributed by atoms with Crippen LogP contribution in [0.1, 0.15) is 16.8 Å². The molecule has 4 nitrogen and oxygen atoms in total. The topological polar surface area (TPSA) is 55.0 Å². The van der Waals surface area contributed by atoms with Gasteiger partial charge in [-0.3, -0.25) is 0 Å². The summed E-state index contributed by atoms with van der Waals surface area (Å²) in [6.45, 7) is 6.17. The van der Waals surface area contributed by atoms with Gasteiger partial charge in [-0.25, -0.2) is 4.98 Å². The quantitative estimate of drug-likeness (QED) is 0.897. The largest absolute Gasteiger partial charge is 0.383 e. The predicted molar refractivity (Wildman–Crippen MR) is 80.4 cm³/mol. The number of hydrogen-bond acceptors (Lipinski definition) is 4. The first-order valence-electron chi connectivity index (χ1n) is 6.30. The van der Waals surface area contributed by atoms with Crippen LogP contribution in [0.25, 0.3) is 11.1 Å². The van der Waals surface area contributed by atoms with Crippen LogP contribution in [0.5, 0.6) is 0 Å². The fourth-order valence-electron chi connectivity index (χ4n) is 2.13. The summed E-state index contributed by atoms with van der Waals surface area (Å²) in [5.41, 5.74) is 11.6. The number of anilines is 2. The first kappa shape index (κ1) is 13.3. The lowest BCUT2D eigenvalue weighted by Gasteiger charge is -2.16. The second kappa shape index (κ2) is 4.88. The zero-order valence-electron chi connectivity index (χ0n) is 12.2. The highest BCUT2D eigenvalue weighted by Gasteiger charge is 2.14. The Morgan fingerprint density at radius 3 is 2.32 bits per heavy atom. The van der Waals surface area contributed by atoms with Gasteiger partial charge in [0.05, 0.1) is 5.69 Å². The van der Waals surface area contributed by atoms with E-state index in [-0.39, 0.29) is 0 Å². The Morgan fingerprint density at radius 2 is 1.74 bits per heavy atom. The fourth-order valence-corrected chi connectivity index (χ4v) is 2.13. The Bertz CT molecular complexity index is 595. The van der Waals surface area contributed by atoms with E-state index in [1.165, 1.54) is 11.1 Å². The van der Waals surface area contributed by atoms with Crippen LogP contribution in [-0.4, -0.2) is 24.1 Å². The lowest BCUT2D eigenvalue weighted by molar-refractivity contribution is 0.983. The molecule has 100 valence electrons. The molecule has 0 atom stereocenters. The normalized spacial score (nSPS) is 10.6. The minimum absolute atomic E-state index is 0.532. The molecular formula is C15H20N4. The third kappa shape index (κ3) is 2.38. The molecular weight excluding hydrogens is 236 g/mol. The summed E-state index contributed by atoms with van der Waals surface area (Å²) in [5, 5.41) is 0. The number of rotatable bonds is 2. The third-order valence-electron chi connectivity index (χ3n) is 3.38. The van der Waals surface area contributed by atoms with Crippen molar-refractivity contribution >= 4 is 11.8 Å². The predicted octanol–water partition coefficient (Wildman–Crippen LogP) is 2.72. The lowest BCUT2D eigenvalue weighted by atomic mass is 9.96. The molecule has 0 radical (unpaired) electrons. The molecule has 0 amide bonds. The summed E-state index contributed by atoms with van der Waals surface area (Å²) >= 11 is 0. The molecule has 2 N–H and O–H groups in total. The summed E-state index contributed by atoms with van der Waals surface area (Å²) in [6.07, 6.45) is 0. The van der Waals surface area contributed by atoms with Crippen molar-refractivity contribution in [3.05, 3.63) is 35.0 Å². The molecule has 0 fully saturated rings. The number of hydrogen-bond donors (Lipinski definition) is 1. The Kier molecular flexibility index (Phi) is 3.42. The molecule has 1 heterocycles. The van der Waals surface area contributed by atoms with E-state index in [0.717, 1.165) is 16.8 Å². The van der Waals surface area contributed by atoms with E-state index in [1.54, 1.807) is 0 Å². The van der Waals surface area contributed by atoms with E-state index in [4.69, 9.17) is 5.73 Å². The van der Waals surface area contributed by atoms with Crippen LogP contribution in [0, 0.1) is 20.8 Å². The van der Waals surface area contributed by atoms with Crippen LogP contribution < -0.4 is 10.6 Å². The number of aromatic nitrogens is 2. The molecule has 0 spiro atoms. The number of nitrogens with two attached hydrogens (primary N) is 1. The molecule has 1 aromatic carbocycles. The van der Waals surface area contributed by atoms with Gasteiger partial charge in [0.2, 0.25) is 5.95 Å². The van der Waals surface area contributed by atoms with Crippen molar-refractivity contribution in [2.75, 3.05) is 24.7 Å². The fraction of sp³-hybridized carbons (Fsp3) is 0.333. The maximum absolute atomic E-state index is 6.13. The van der Waals surface area contributed by atoms with E-state index in [9.17, 15) is 0 Å². The lowest BCUT2D eigenvalue weighted by Crippen LogP contribution is -2.15. The van der Waals surface area contributed by atoms with Crippen molar-refractivity contribution in [2.24, 2.45) is 0 Å². The van der Waals surface area contributed by atoms with Crippen molar-refractivity contribution < 1.29 is 0 Å². The smallest absolute Gasteiger partial charge is 0.227 e. The van der Waals surface area contributed by atoms with Gasteiger partial charge in [-0.2, -0.15) is 4.98 Å². The van der Waals surface area contributed by atoms with Crippen molar-refractivity contribution in [3.63, 3.8) is 0 Å². The molecule has 2 aromatic rings. The van der Waals surface area contributed by atoms with Crippen LogP contribution in [-0.2, 0) is 0 Å². The average molecular weight is 256 g/mol. The van der Waals surface area contributed by atoms with Crippen LogP contribution in [0.15, 0.2) is 18.2 Å². The minimum Gasteiger partial charge on any atom is -0.383 e. The molecule has 0 saturated heterocycles. The molecule has 0 aliphatic carbocycles. The average Bonchev–Trinajstić information content (AvgIpc) is 2.33. The molecule has 0 unspecified atom stereocenters. The van der Waals surface area contributed by atoms with Crippen LogP contribution in [0.4, 0.5) is 11.8 Å². The van der Waals surface area contributed by atoms with Gasteiger partial charge in [0.15, 0.2) is 0 Å². The first-order chi connectivity index (χ1) is 8.91. The number of aryl methyl sites for hydroxylation is 2. The second-order valence-electron chi connectivity index (χ2n) is 5.01. The van der Waals surface area contributed by atoms with Gasteiger partial charge in [0, 0.05) is 19.7 Å². The number of benzene rings is 1. The molecule has 0 saturated carbocycles. The summed E-state index contributed by atoms with van der Waals surface area (Å²) in [7, 11) is 3.82. The van der Waals surface area contributed by atoms with E-state index >= 15 is 0 Å². The Hall–Kier alpha value is -2.10. The zero-order chi connectivity index (χ0) is 14.2. The van der Waals surface area contributed by atoms with Gasteiger partial charge in [0.1, 0.15) is 5.82 Å². The summed E-state index contributed by atoms with van der Waals surface area (Å²) < 4.78 is 0.